The average Bonchev–Trinajstić information content (AvgIpc) is 2.41. The summed E-state index contributed by atoms with van der Waals surface area (Å²) in [7, 11) is 0. The highest BCUT2D eigenvalue weighted by Crippen LogP contribution is 2.15. The van der Waals surface area contributed by atoms with E-state index in [2.05, 4.69) is 16.8 Å². The van der Waals surface area contributed by atoms with Gasteiger partial charge in [-0.3, -0.25) is 4.99 Å². The molecule has 3 nitrogen and oxygen atoms in total. The van der Waals surface area contributed by atoms with Gasteiger partial charge in [-0.2, -0.15) is 0 Å². The molecule has 0 aliphatic carbocycles. The van der Waals surface area contributed by atoms with E-state index in [9.17, 15) is 0 Å². The highest BCUT2D eigenvalue weighted by atomic mass is 35.5. The van der Waals surface area contributed by atoms with Gasteiger partial charge in [0.2, 0.25) is 0 Å². The van der Waals surface area contributed by atoms with Crippen LogP contribution in [0.25, 0.3) is 0 Å². The molecule has 0 unspecified atom stereocenters. The van der Waals surface area contributed by atoms with Crippen LogP contribution in [0.15, 0.2) is 29.3 Å². The molecule has 0 saturated carbocycles. The monoisotopic (exact) mass is 279 g/mol. The van der Waals surface area contributed by atoms with Crippen molar-refractivity contribution in [2.24, 2.45) is 16.6 Å². The number of hydrogen-bond donors (Lipinski definition) is 1. The van der Waals surface area contributed by atoms with Crippen molar-refractivity contribution in [3.63, 3.8) is 0 Å². The van der Waals surface area contributed by atoms with Gasteiger partial charge in [0.15, 0.2) is 5.96 Å². The molecule has 2 N–H and O–H groups in total. The molecule has 4 heteroatoms. The Morgan fingerprint density at radius 1 is 1.32 bits per heavy atom. The van der Waals surface area contributed by atoms with Crippen molar-refractivity contribution in [3.8, 4) is 0 Å². The lowest BCUT2D eigenvalue weighted by Crippen LogP contribution is -2.42. The fraction of sp³-hybridized carbons (Fsp3) is 0.533. The molecule has 1 saturated heterocycles. The van der Waals surface area contributed by atoms with E-state index in [0.29, 0.717) is 5.96 Å². The molecule has 0 spiro atoms. The summed E-state index contributed by atoms with van der Waals surface area (Å²) in [6, 6.07) is 7.90. The summed E-state index contributed by atoms with van der Waals surface area (Å²) in [5, 5.41) is 0.772. The molecular formula is C15H22ClN3. The second-order valence-corrected chi connectivity index (χ2v) is 5.72. The van der Waals surface area contributed by atoms with Gasteiger partial charge in [0, 0.05) is 24.7 Å². The lowest BCUT2D eigenvalue weighted by atomic mass is 10.00. The molecule has 1 aliphatic heterocycles. The fourth-order valence-corrected chi connectivity index (χ4v) is 2.41. The maximum absolute atomic E-state index is 6.04. The van der Waals surface area contributed by atoms with Crippen molar-refractivity contribution in [3.05, 3.63) is 34.9 Å². The van der Waals surface area contributed by atoms with Crippen molar-refractivity contribution in [1.82, 2.24) is 4.90 Å². The first-order chi connectivity index (χ1) is 9.15. The van der Waals surface area contributed by atoms with Crippen molar-refractivity contribution < 1.29 is 0 Å². The molecule has 0 bridgehead atoms. The quantitative estimate of drug-likeness (QED) is 0.683. The summed E-state index contributed by atoms with van der Waals surface area (Å²) in [4.78, 5) is 6.67. The predicted octanol–water partition coefficient (Wildman–Crippen LogP) is 2.93. The normalized spacial score (nSPS) is 17.8. The van der Waals surface area contributed by atoms with Crippen molar-refractivity contribution in [2.75, 3.05) is 19.6 Å². The minimum atomic E-state index is 0.695. The fourth-order valence-electron chi connectivity index (χ4n) is 2.29. The first-order valence-electron chi connectivity index (χ1n) is 6.94. The molecule has 104 valence electrons. The van der Waals surface area contributed by atoms with Gasteiger partial charge in [-0.25, -0.2) is 0 Å². The first-order valence-corrected chi connectivity index (χ1v) is 7.32. The Morgan fingerprint density at radius 2 is 1.95 bits per heavy atom. The van der Waals surface area contributed by atoms with Crippen LogP contribution in [0.4, 0.5) is 0 Å². The molecule has 1 aromatic rings. The van der Waals surface area contributed by atoms with Gasteiger partial charge < -0.3 is 10.6 Å². The Morgan fingerprint density at radius 3 is 2.58 bits per heavy atom. The van der Waals surface area contributed by atoms with Crippen LogP contribution in [-0.2, 0) is 6.42 Å². The third kappa shape index (κ3) is 4.43. The lowest BCUT2D eigenvalue weighted by molar-refractivity contribution is 0.277. The smallest absolute Gasteiger partial charge is 0.191 e. The van der Waals surface area contributed by atoms with Gasteiger partial charge >= 0.3 is 0 Å². The Labute approximate surface area is 120 Å². The lowest BCUT2D eigenvalue weighted by Gasteiger charge is -2.31. The van der Waals surface area contributed by atoms with Crippen LogP contribution >= 0.6 is 11.6 Å². The molecule has 0 radical (unpaired) electrons. The second-order valence-electron chi connectivity index (χ2n) is 5.29. The van der Waals surface area contributed by atoms with E-state index in [1.165, 1.54) is 18.4 Å². The van der Waals surface area contributed by atoms with E-state index in [-0.39, 0.29) is 0 Å². The molecule has 0 amide bonds. The molecule has 2 rings (SSSR count). The van der Waals surface area contributed by atoms with Crippen LogP contribution in [0.2, 0.25) is 5.02 Å². The van der Waals surface area contributed by atoms with Gasteiger partial charge in [-0.1, -0.05) is 30.7 Å². The minimum absolute atomic E-state index is 0.695. The standard InChI is InChI=1S/C15H22ClN3/c1-12-7-10-19(11-8-12)15(17)18-9-6-13-2-4-14(16)5-3-13/h2-5,12H,6-11H2,1H3,(H2,17,18). The Bertz CT molecular complexity index is 420. The predicted molar refractivity (Wildman–Crippen MR) is 81.6 cm³/mol. The summed E-state index contributed by atoms with van der Waals surface area (Å²) in [5.74, 6) is 1.51. The summed E-state index contributed by atoms with van der Waals surface area (Å²) < 4.78 is 0. The number of aliphatic imine (C=N–C) groups is 1. The second kappa shape index (κ2) is 6.80. The molecule has 1 aliphatic rings. The topological polar surface area (TPSA) is 41.6 Å². The van der Waals surface area contributed by atoms with Gasteiger partial charge in [0.25, 0.3) is 0 Å². The summed E-state index contributed by atoms with van der Waals surface area (Å²) >= 11 is 5.86. The van der Waals surface area contributed by atoms with Crippen molar-refractivity contribution in [2.45, 2.75) is 26.2 Å². The Hall–Kier alpha value is -1.22. The van der Waals surface area contributed by atoms with Gasteiger partial charge in [0.05, 0.1) is 0 Å². The van der Waals surface area contributed by atoms with Crippen molar-refractivity contribution >= 4 is 17.6 Å². The summed E-state index contributed by atoms with van der Waals surface area (Å²) in [5.41, 5.74) is 7.28. The molecule has 1 fully saturated rings. The zero-order valence-corrected chi connectivity index (χ0v) is 12.2. The number of halogens is 1. The number of nitrogens with zero attached hydrogens (tertiary/aromatic N) is 2. The number of likely N-dealkylation sites (tertiary alicyclic amines) is 1. The highest BCUT2D eigenvalue weighted by Gasteiger charge is 2.16. The first kappa shape index (κ1) is 14.2. The van der Waals surface area contributed by atoms with Crippen LogP contribution < -0.4 is 5.73 Å². The average molecular weight is 280 g/mol. The molecule has 0 atom stereocenters. The van der Waals surface area contributed by atoms with E-state index >= 15 is 0 Å². The summed E-state index contributed by atoms with van der Waals surface area (Å²) in [6.07, 6.45) is 3.34. The van der Waals surface area contributed by atoms with Crippen LogP contribution in [0.3, 0.4) is 0 Å². The van der Waals surface area contributed by atoms with Crippen LogP contribution in [0, 0.1) is 5.92 Å². The molecule has 0 aromatic heterocycles. The van der Waals surface area contributed by atoms with E-state index in [0.717, 1.165) is 37.0 Å². The van der Waals surface area contributed by atoms with Gasteiger partial charge in [-0.15, -0.1) is 0 Å². The Balaban J connectivity index is 1.80. The van der Waals surface area contributed by atoms with Crippen LogP contribution in [0.1, 0.15) is 25.3 Å². The van der Waals surface area contributed by atoms with Crippen LogP contribution in [0.5, 0.6) is 0 Å². The SMILES string of the molecule is CC1CCN(C(N)=NCCc2ccc(Cl)cc2)CC1. The maximum Gasteiger partial charge on any atom is 0.191 e. The van der Waals surface area contributed by atoms with E-state index in [4.69, 9.17) is 17.3 Å². The van der Waals surface area contributed by atoms with Gasteiger partial charge in [-0.05, 0) is 42.9 Å². The zero-order chi connectivity index (χ0) is 13.7. The zero-order valence-electron chi connectivity index (χ0n) is 11.5. The highest BCUT2D eigenvalue weighted by molar-refractivity contribution is 6.30. The molecule has 1 heterocycles. The Kier molecular flexibility index (Phi) is 5.08. The molecule has 1 aromatic carbocycles. The van der Waals surface area contributed by atoms with Gasteiger partial charge in [0.1, 0.15) is 0 Å². The van der Waals surface area contributed by atoms with E-state index < -0.39 is 0 Å². The number of piperidine rings is 1. The molecular weight excluding hydrogens is 258 g/mol. The number of nitrogens with two attached hydrogens (primary N) is 1. The third-order valence-corrected chi connectivity index (χ3v) is 3.95. The van der Waals surface area contributed by atoms with E-state index in [1.807, 2.05) is 24.3 Å². The number of hydrogen-bond acceptors (Lipinski definition) is 1. The minimum Gasteiger partial charge on any atom is -0.370 e. The largest absolute Gasteiger partial charge is 0.370 e. The number of benzene rings is 1. The van der Waals surface area contributed by atoms with Crippen molar-refractivity contribution in [1.29, 1.82) is 0 Å². The number of guanidine groups is 1. The maximum atomic E-state index is 6.04. The third-order valence-electron chi connectivity index (χ3n) is 3.70. The summed E-state index contributed by atoms with van der Waals surface area (Å²) in [6.45, 7) is 5.11. The molecule has 19 heavy (non-hydrogen) atoms. The number of rotatable bonds is 3. The van der Waals surface area contributed by atoms with Crippen LogP contribution in [-0.4, -0.2) is 30.5 Å². The van der Waals surface area contributed by atoms with E-state index in [1.54, 1.807) is 0 Å².